The average molecular weight is 495 g/mol. The molecule has 0 unspecified atom stereocenters. The second kappa shape index (κ2) is 10.4. The Bertz CT molecular complexity index is 648. The van der Waals surface area contributed by atoms with Crippen molar-refractivity contribution >= 4 is 31.7 Å². The van der Waals surface area contributed by atoms with Crippen molar-refractivity contribution < 1.29 is 17.4 Å². The van der Waals surface area contributed by atoms with E-state index >= 15 is 0 Å². The third-order valence-corrected chi connectivity index (χ3v) is 23.2. The molecular formula is C22H40Cl2SiZr. The van der Waals surface area contributed by atoms with E-state index in [1.54, 1.807) is 22.3 Å². The standard InChI is InChI=1S/2C10H15.2CH3.2ClH.H2Si.Zr/c2*1-3-5-10-7-6-9(4-2)8-10;;;;;;/h2*8H,3-6H2,1-2H3;2*1H3;2*1H;1H2;. The summed E-state index contributed by atoms with van der Waals surface area (Å²) in [6.07, 6.45) is 15.3. The summed E-state index contributed by atoms with van der Waals surface area (Å²) in [5.74, 6) is 0. The normalized spacial score (nSPS) is 17.8. The fourth-order valence-electron chi connectivity index (χ4n) is 4.67. The largest absolute Gasteiger partial charge is 0.147 e. The Labute approximate surface area is 177 Å². The van der Waals surface area contributed by atoms with E-state index in [4.69, 9.17) is 0 Å². The first-order valence-electron chi connectivity index (χ1n) is 10.2. The van der Waals surface area contributed by atoms with Gasteiger partial charge in [0.2, 0.25) is 0 Å². The van der Waals surface area contributed by atoms with E-state index in [0.29, 0.717) is 0 Å². The van der Waals surface area contributed by atoms with Crippen molar-refractivity contribution in [1.29, 1.82) is 0 Å². The minimum absolute atomic E-state index is 0. The van der Waals surface area contributed by atoms with E-state index in [0.717, 1.165) is 0 Å². The van der Waals surface area contributed by atoms with Gasteiger partial charge in [0.1, 0.15) is 0 Å². The maximum atomic E-state index is 2.73. The van der Waals surface area contributed by atoms with Crippen molar-refractivity contribution in [2.75, 3.05) is 0 Å². The monoisotopic (exact) mass is 492 g/mol. The predicted octanol–water partition coefficient (Wildman–Crippen LogP) is 7.75. The topological polar surface area (TPSA) is 0 Å². The van der Waals surface area contributed by atoms with E-state index in [9.17, 15) is 0 Å². The van der Waals surface area contributed by atoms with E-state index in [1.807, 2.05) is 6.56 Å². The zero-order chi connectivity index (χ0) is 18.0. The summed E-state index contributed by atoms with van der Waals surface area (Å²) in [7, 11) is 0. The maximum Gasteiger partial charge on any atom is -0.147 e. The van der Waals surface area contributed by atoms with Crippen LogP contribution in [0.25, 0.3) is 0 Å². The van der Waals surface area contributed by atoms with Gasteiger partial charge in [0.25, 0.3) is 0 Å². The van der Waals surface area contributed by atoms with Gasteiger partial charge >= 0.3 is 154 Å². The van der Waals surface area contributed by atoms with Gasteiger partial charge in [0.05, 0.1) is 0 Å². The van der Waals surface area contributed by atoms with Crippen LogP contribution in [0.15, 0.2) is 41.0 Å². The predicted molar refractivity (Wildman–Crippen MR) is 125 cm³/mol. The van der Waals surface area contributed by atoms with Crippen LogP contribution in [0.2, 0.25) is 9.26 Å². The Balaban J connectivity index is 0.00000312. The van der Waals surface area contributed by atoms with Gasteiger partial charge in [0.15, 0.2) is 0 Å². The van der Waals surface area contributed by atoms with Crippen molar-refractivity contribution in [3.05, 3.63) is 41.0 Å². The molecule has 0 aromatic carbocycles. The van der Waals surface area contributed by atoms with Gasteiger partial charge in [0, 0.05) is 0 Å². The van der Waals surface area contributed by atoms with Gasteiger partial charge < -0.3 is 0 Å². The van der Waals surface area contributed by atoms with Crippen LogP contribution in [0.3, 0.4) is 0 Å². The zero-order valence-corrected chi connectivity index (χ0v) is 23.3. The molecule has 0 heterocycles. The first kappa shape index (κ1) is 26.6. The second-order valence-corrected chi connectivity index (χ2v) is 37.6. The molecule has 0 amide bonds. The van der Waals surface area contributed by atoms with Crippen molar-refractivity contribution in [2.45, 2.75) is 88.3 Å². The van der Waals surface area contributed by atoms with Crippen LogP contribution < -0.4 is 0 Å². The Morgan fingerprint density at radius 2 is 1.12 bits per heavy atom. The number of hydrogen-bond acceptors (Lipinski definition) is 0. The first-order valence-corrected chi connectivity index (χ1v) is 23.5. The molecule has 4 heteroatoms. The summed E-state index contributed by atoms with van der Waals surface area (Å²) in [5.41, 5.74) is 6.83. The Hall–Kier alpha value is 0.640. The van der Waals surface area contributed by atoms with Gasteiger partial charge in [-0.15, -0.1) is 24.8 Å². The third kappa shape index (κ3) is 5.37. The molecule has 0 aromatic rings. The van der Waals surface area contributed by atoms with Crippen molar-refractivity contribution in [2.24, 2.45) is 0 Å². The van der Waals surface area contributed by atoms with Crippen LogP contribution >= 0.6 is 24.8 Å². The van der Waals surface area contributed by atoms with Crippen LogP contribution in [0.1, 0.15) is 79.1 Å². The molecule has 0 atom stereocenters. The molecule has 26 heavy (non-hydrogen) atoms. The number of halogens is 2. The summed E-state index contributed by atoms with van der Waals surface area (Å²) in [6, 6.07) is 0. The summed E-state index contributed by atoms with van der Waals surface area (Å²) < 4.78 is 9.30. The molecule has 0 spiro atoms. The van der Waals surface area contributed by atoms with Crippen LogP contribution in [-0.2, 0) is 17.4 Å². The number of allylic oxidation sites excluding steroid dienone is 8. The van der Waals surface area contributed by atoms with Crippen molar-refractivity contribution in [1.82, 2.24) is 0 Å². The van der Waals surface area contributed by atoms with Crippen LogP contribution in [0.4, 0.5) is 0 Å². The number of hydrogen-bond donors (Lipinski definition) is 0. The Morgan fingerprint density at radius 3 is 1.38 bits per heavy atom. The Morgan fingerprint density at radius 1 is 0.769 bits per heavy atom. The van der Waals surface area contributed by atoms with E-state index in [1.165, 1.54) is 51.4 Å². The van der Waals surface area contributed by atoms with Gasteiger partial charge in [-0.3, -0.25) is 0 Å². The quantitative estimate of drug-likeness (QED) is 0.303. The fourth-order valence-corrected chi connectivity index (χ4v) is 19.7. The van der Waals surface area contributed by atoms with Crippen molar-refractivity contribution in [3.63, 3.8) is 0 Å². The summed E-state index contributed by atoms with van der Waals surface area (Å²) >= 11 is -3.02. The summed E-state index contributed by atoms with van der Waals surface area (Å²) in [6.45, 7) is 11.8. The van der Waals surface area contributed by atoms with Gasteiger partial charge in [-0.25, -0.2) is 0 Å². The molecule has 0 bridgehead atoms. The van der Waals surface area contributed by atoms with Crippen LogP contribution in [0.5, 0.6) is 0 Å². The smallest absolute Gasteiger partial charge is 0.147 e. The molecular weight excluding hydrogens is 454 g/mol. The van der Waals surface area contributed by atoms with E-state index in [2.05, 4.69) is 56.0 Å². The fraction of sp³-hybridized carbons (Fsp3) is 0.636. The summed E-state index contributed by atoms with van der Waals surface area (Å²) in [5, 5.41) is 0. The molecule has 0 saturated carbocycles. The van der Waals surface area contributed by atoms with Crippen LogP contribution in [-0.4, -0.2) is 6.88 Å². The molecule has 2 rings (SSSR count). The van der Waals surface area contributed by atoms with Crippen LogP contribution in [0, 0.1) is 0 Å². The molecule has 0 aromatic heterocycles. The van der Waals surface area contributed by atoms with E-state index in [-0.39, 0.29) is 24.8 Å². The molecule has 150 valence electrons. The first-order chi connectivity index (χ1) is 11.3. The molecule has 0 radical (unpaired) electrons. The maximum absolute atomic E-state index is 3.02. The molecule has 2 aliphatic rings. The molecule has 0 aliphatic heterocycles. The molecule has 2 aliphatic carbocycles. The minimum atomic E-state index is -3.02. The van der Waals surface area contributed by atoms with Gasteiger partial charge in [-0.05, 0) is 0 Å². The van der Waals surface area contributed by atoms with Crippen molar-refractivity contribution in [3.8, 4) is 0 Å². The minimum Gasteiger partial charge on any atom is -0.147 e. The SMILES string of the molecule is CCCC1=[C]([Zr]([CH3])([CH3])(=[SiH2])[C]2=C(CCC)C=C(CC)C2)CC(CC)=C1.Cl.Cl. The van der Waals surface area contributed by atoms with Gasteiger partial charge in [-0.1, -0.05) is 0 Å². The molecule has 0 nitrogen and oxygen atoms in total. The summed E-state index contributed by atoms with van der Waals surface area (Å²) in [4.78, 5) is 0. The molecule has 0 fully saturated rings. The number of rotatable bonds is 8. The van der Waals surface area contributed by atoms with E-state index < -0.39 is 17.4 Å². The average Bonchev–Trinajstić information content (AvgIpc) is 3.12. The third-order valence-electron chi connectivity index (χ3n) is 6.22. The molecule has 0 N–H and O–H groups in total. The second-order valence-electron chi connectivity index (χ2n) is 8.86. The Kier molecular flexibility index (Phi) is 10.7. The molecule has 0 saturated heterocycles. The van der Waals surface area contributed by atoms with Gasteiger partial charge in [-0.2, -0.15) is 0 Å². The zero-order valence-electron chi connectivity index (χ0n) is 17.8.